The Hall–Kier alpha value is -1.02. The average Bonchev–Trinajstić information content (AvgIpc) is 2.93. The fourth-order valence-corrected chi connectivity index (χ4v) is 3.32. The van der Waals surface area contributed by atoms with E-state index in [1.54, 1.807) is 5.56 Å². The van der Waals surface area contributed by atoms with Crippen molar-refractivity contribution in [3.05, 3.63) is 29.8 Å². The third-order valence-corrected chi connectivity index (χ3v) is 4.32. The summed E-state index contributed by atoms with van der Waals surface area (Å²) in [6, 6.07) is 9.73. The van der Waals surface area contributed by atoms with Gasteiger partial charge >= 0.3 is 0 Å². The average molecular weight is 244 g/mol. The molecule has 1 atom stereocenters. The van der Waals surface area contributed by atoms with Gasteiger partial charge in [-0.05, 0) is 56.7 Å². The number of benzene rings is 1. The lowest BCUT2D eigenvalue weighted by Gasteiger charge is -2.31. The second kappa shape index (κ2) is 5.75. The SMILES string of the molecule is c1ccc(N2CCCCC2)c(CC2CCCN2)c1. The number of hydrogen-bond donors (Lipinski definition) is 1. The molecule has 0 radical (unpaired) electrons. The van der Waals surface area contributed by atoms with Crippen LogP contribution in [0.2, 0.25) is 0 Å². The molecule has 1 N–H and O–H groups in total. The van der Waals surface area contributed by atoms with Crippen molar-refractivity contribution in [3.63, 3.8) is 0 Å². The summed E-state index contributed by atoms with van der Waals surface area (Å²) < 4.78 is 0. The first-order valence-electron chi connectivity index (χ1n) is 7.50. The van der Waals surface area contributed by atoms with Crippen molar-refractivity contribution in [1.29, 1.82) is 0 Å². The van der Waals surface area contributed by atoms with Crippen LogP contribution in [-0.4, -0.2) is 25.7 Å². The fourth-order valence-electron chi connectivity index (χ4n) is 3.32. The molecule has 0 spiro atoms. The predicted molar refractivity (Wildman–Crippen MR) is 77.2 cm³/mol. The molecule has 2 heteroatoms. The predicted octanol–water partition coefficient (Wildman–Crippen LogP) is 2.97. The van der Waals surface area contributed by atoms with Gasteiger partial charge in [0.05, 0.1) is 0 Å². The minimum atomic E-state index is 0.705. The Labute approximate surface area is 110 Å². The van der Waals surface area contributed by atoms with Crippen LogP contribution in [0.4, 0.5) is 5.69 Å². The van der Waals surface area contributed by atoms with Crippen LogP contribution >= 0.6 is 0 Å². The summed E-state index contributed by atoms with van der Waals surface area (Å²) in [5.41, 5.74) is 3.03. The minimum Gasteiger partial charge on any atom is -0.371 e. The summed E-state index contributed by atoms with van der Waals surface area (Å²) in [4.78, 5) is 2.59. The van der Waals surface area contributed by atoms with Crippen molar-refractivity contribution in [3.8, 4) is 0 Å². The van der Waals surface area contributed by atoms with Crippen molar-refractivity contribution in [1.82, 2.24) is 5.32 Å². The number of hydrogen-bond acceptors (Lipinski definition) is 2. The van der Waals surface area contributed by atoms with Gasteiger partial charge in [-0.2, -0.15) is 0 Å². The summed E-state index contributed by atoms with van der Waals surface area (Å²) in [5, 5.41) is 3.62. The van der Waals surface area contributed by atoms with Crippen LogP contribution in [-0.2, 0) is 6.42 Å². The van der Waals surface area contributed by atoms with Crippen molar-refractivity contribution < 1.29 is 0 Å². The van der Waals surface area contributed by atoms with Crippen molar-refractivity contribution in [2.24, 2.45) is 0 Å². The maximum absolute atomic E-state index is 3.62. The molecule has 2 saturated heterocycles. The maximum atomic E-state index is 3.62. The van der Waals surface area contributed by atoms with E-state index in [9.17, 15) is 0 Å². The van der Waals surface area contributed by atoms with Gasteiger partial charge in [-0.3, -0.25) is 0 Å². The van der Waals surface area contributed by atoms with Gasteiger partial charge < -0.3 is 10.2 Å². The van der Waals surface area contributed by atoms with E-state index in [0.717, 1.165) is 0 Å². The maximum Gasteiger partial charge on any atom is 0.0399 e. The van der Waals surface area contributed by atoms with Gasteiger partial charge in [0, 0.05) is 24.8 Å². The molecule has 0 aliphatic carbocycles. The van der Waals surface area contributed by atoms with Crippen molar-refractivity contribution >= 4 is 5.69 Å². The first-order valence-corrected chi connectivity index (χ1v) is 7.50. The Bertz CT molecular complexity index is 376. The quantitative estimate of drug-likeness (QED) is 0.879. The molecule has 1 aromatic carbocycles. The van der Waals surface area contributed by atoms with Gasteiger partial charge in [0.1, 0.15) is 0 Å². The molecule has 2 aliphatic rings. The molecule has 2 fully saturated rings. The smallest absolute Gasteiger partial charge is 0.0399 e. The van der Waals surface area contributed by atoms with E-state index in [2.05, 4.69) is 34.5 Å². The number of piperidine rings is 1. The molecule has 1 unspecified atom stereocenters. The second-order valence-corrected chi connectivity index (χ2v) is 5.67. The first-order chi connectivity index (χ1) is 8.93. The zero-order chi connectivity index (χ0) is 12.2. The fraction of sp³-hybridized carbons (Fsp3) is 0.625. The van der Waals surface area contributed by atoms with Crippen LogP contribution in [0, 0.1) is 0 Å². The van der Waals surface area contributed by atoms with E-state index < -0.39 is 0 Å². The number of anilines is 1. The lowest BCUT2D eigenvalue weighted by molar-refractivity contribution is 0.569. The monoisotopic (exact) mass is 244 g/mol. The number of nitrogens with one attached hydrogen (secondary N) is 1. The van der Waals surface area contributed by atoms with Crippen molar-refractivity contribution in [2.75, 3.05) is 24.5 Å². The lowest BCUT2D eigenvalue weighted by Crippen LogP contribution is -2.31. The number of nitrogens with zero attached hydrogens (tertiary/aromatic N) is 1. The first kappa shape index (κ1) is 12.0. The van der Waals surface area contributed by atoms with Crippen LogP contribution in [0.5, 0.6) is 0 Å². The van der Waals surface area contributed by atoms with E-state index in [1.165, 1.54) is 63.8 Å². The van der Waals surface area contributed by atoms with E-state index in [4.69, 9.17) is 0 Å². The topological polar surface area (TPSA) is 15.3 Å². The largest absolute Gasteiger partial charge is 0.371 e. The number of rotatable bonds is 3. The zero-order valence-electron chi connectivity index (χ0n) is 11.2. The van der Waals surface area contributed by atoms with Gasteiger partial charge in [-0.15, -0.1) is 0 Å². The molecule has 98 valence electrons. The van der Waals surface area contributed by atoms with E-state index >= 15 is 0 Å². The van der Waals surface area contributed by atoms with E-state index in [-0.39, 0.29) is 0 Å². The molecule has 0 bridgehead atoms. The molecule has 1 aromatic rings. The van der Waals surface area contributed by atoms with Crippen LogP contribution in [0.3, 0.4) is 0 Å². The molecule has 2 aliphatic heterocycles. The van der Waals surface area contributed by atoms with Gasteiger partial charge in [0.15, 0.2) is 0 Å². The highest BCUT2D eigenvalue weighted by atomic mass is 15.1. The summed E-state index contributed by atoms with van der Waals surface area (Å²) >= 11 is 0. The molecule has 2 heterocycles. The zero-order valence-corrected chi connectivity index (χ0v) is 11.2. The van der Waals surface area contributed by atoms with Crippen LogP contribution in [0.15, 0.2) is 24.3 Å². The van der Waals surface area contributed by atoms with Gasteiger partial charge in [0.2, 0.25) is 0 Å². The van der Waals surface area contributed by atoms with Crippen LogP contribution in [0.25, 0.3) is 0 Å². The van der Waals surface area contributed by atoms with E-state index in [0.29, 0.717) is 6.04 Å². The third kappa shape index (κ3) is 2.69. The van der Waals surface area contributed by atoms with Crippen LogP contribution < -0.4 is 10.2 Å². The normalized spacial score (nSPS) is 24.4. The molecule has 0 saturated carbocycles. The molecule has 0 amide bonds. The molecular weight excluding hydrogens is 220 g/mol. The Balaban J connectivity index is 1.75. The highest BCUT2D eigenvalue weighted by Gasteiger charge is 2.18. The highest BCUT2D eigenvalue weighted by Crippen LogP contribution is 2.26. The molecular formula is C16H24N2. The molecule has 0 aromatic heterocycles. The Morgan fingerprint density at radius 2 is 1.89 bits per heavy atom. The second-order valence-electron chi connectivity index (χ2n) is 5.67. The van der Waals surface area contributed by atoms with Crippen LogP contribution in [0.1, 0.15) is 37.7 Å². The summed E-state index contributed by atoms with van der Waals surface area (Å²) in [5.74, 6) is 0. The van der Waals surface area contributed by atoms with E-state index in [1.807, 2.05) is 0 Å². The van der Waals surface area contributed by atoms with Crippen molar-refractivity contribution in [2.45, 2.75) is 44.6 Å². The summed E-state index contributed by atoms with van der Waals surface area (Å²) in [6.07, 6.45) is 8.01. The van der Waals surface area contributed by atoms with Gasteiger partial charge in [-0.25, -0.2) is 0 Å². The Morgan fingerprint density at radius 1 is 1.06 bits per heavy atom. The summed E-state index contributed by atoms with van der Waals surface area (Å²) in [6.45, 7) is 3.70. The molecule has 3 rings (SSSR count). The molecule has 18 heavy (non-hydrogen) atoms. The van der Waals surface area contributed by atoms with Gasteiger partial charge in [0.25, 0.3) is 0 Å². The minimum absolute atomic E-state index is 0.705. The standard InChI is InChI=1S/C16H24N2/c1-4-11-18(12-5-1)16-9-3-2-7-14(16)13-15-8-6-10-17-15/h2-3,7,9,15,17H,1,4-6,8,10-13H2. The Kier molecular flexibility index (Phi) is 3.84. The lowest BCUT2D eigenvalue weighted by atomic mass is 10.0. The third-order valence-electron chi connectivity index (χ3n) is 4.32. The highest BCUT2D eigenvalue weighted by molar-refractivity contribution is 5.54. The molecule has 2 nitrogen and oxygen atoms in total. The Morgan fingerprint density at radius 3 is 2.67 bits per heavy atom. The summed E-state index contributed by atoms with van der Waals surface area (Å²) in [7, 11) is 0. The van der Waals surface area contributed by atoms with Gasteiger partial charge in [-0.1, -0.05) is 18.2 Å². The number of para-hydroxylation sites is 1.